The van der Waals surface area contributed by atoms with Crippen molar-refractivity contribution in [1.29, 1.82) is 0 Å². The summed E-state index contributed by atoms with van der Waals surface area (Å²) in [6, 6.07) is 0. The van der Waals surface area contributed by atoms with E-state index >= 15 is 0 Å². The first kappa shape index (κ1) is 24.9. The Morgan fingerprint density at radius 2 is 1.76 bits per heavy atom. The van der Waals surface area contributed by atoms with Crippen LogP contribution in [0.5, 0.6) is 0 Å². The number of ether oxygens (including phenoxy) is 4. The smallest absolute Gasteiger partial charge is 0.331 e. The number of esters is 1. The van der Waals surface area contributed by atoms with Gasteiger partial charge in [-0.25, -0.2) is 4.79 Å². The summed E-state index contributed by atoms with van der Waals surface area (Å²) in [4.78, 5) is 11.8. The van der Waals surface area contributed by atoms with Gasteiger partial charge in [0.05, 0.1) is 30.0 Å². The van der Waals surface area contributed by atoms with Crippen molar-refractivity contribution in [3.05, 3.63) is 11.6 Å². The number of rotatable bonds is 1. The van der Waals surface area contributed by atoms with Crippen molar-refractivity contribution in [1.82, 2.24) is 0 Å². The van der Waals surface area contributed by atoms with Gasteiger partial charge in [-0.3, -0.25) is 0 Å². The van der Waals surface area contributed by atoms with Crippen LogP contribution in [-0.4, -0.2) is 81.2 Å². The molecule has 9 heteroatoms. The molecule has 206 valence electrons. The summed E-state index contributed by atoms with van der Waals surface area (Å²) < 4.78 is 23.5. The summed E-state index contributed by atoms with van der Waals surface area (Å²) in [5.74, 6) is -1.42. The highest BCUT2D eigenvalue weighted by Crippen LogP contribution is 2.67. The number of hydrogen-bond acceptors (Lipinski definition) is 9. The van der Waals surface area contributed by atoms with Crippen LogP contribution in [0.25, 0.3) is 0 Å². The molecule has 7 aliphatic rings. The lowest BCUT2D eigenvalue weighted by molar-refractivity contribution is -0.456. The van der Waals surface area contributed by atoms with Gasteiger partial charge in [0.15, 0.2) is 0 Å². The Bertz CT molecular complexity index is 1000. The molecule has 0 aromatic heterocycles. The van der Waals surface area contributed by atoms with Crippen molar-refractivity contribution < 1.29 is 44.2 Å². The third-order valence-corrected chi connectivity index (χ3v) is 11.7. The zero-order valence-corrected chi connectivity index (χ0v) is 21.6. The van der Waals surface area contributed by atoms with Crippen LogP contribution in [0.3, 0.4) is 0 Å². The minimum Gasteiger partial charge on any atom is -0.458 e. The van der Waals surface area contributed by atoms with Gasteiger partial charge in [0, 0.05) is 17.9 Å². The van der Waals surface area contributed by atoms with Crippen molar-refractivity contribution in [3.63, 3.8) is 0 Å². The molecule has 0 radical (unpaired) electrons. The van der Waals surface area contributed by atoms with Crippen LogP contribution in [0.4, 0.5) is 0 Å². The summed E-state index contributed by atoms with van der Waals surface area (Å²) >= 11 is 0. The van der Waals surface area contributed by atoms with Gasteiger partial charge in [0.2, 0.25) is 12.1 Å². The largest absolute Gasteiger partial charge is 0.458 e. The molecule has 2 saturated heterocycles. The lowest BCUT2D eigenvalue weighted by Crippen LogP contribution is -2.69. The van der Waals surface area contributed by atoms with Crippen molar-refractivity contribution in [3.8, 4) is 0 Å². The molecule has 9 nitrogen and oxygen atoms in total. The first-order valence-corrected chi connectivity index (χ1v) is 14.2. The van der Waals surface area contributed by atoms with E-state index in [1.807, 2.05) is 6.92 Å². The summed E-state index contributed by atoms with van der Waals surface area (Å²) in [5, 5.41) is 45.6. The molecule has 0 aromatic carbocycles. The second-order valence-corrected chi connectivity index (χ2v) is 13.3. The first-order chi connectivity index (χ1) is 17.5. The van der Waals surface area contributed by atoms with Gasteiger partial charge in [0.1, 0.15) is 12.7 Å². The van der Waals surface area contributed by atoms with Gasteiger partial charge >= 0.3 is 5.97 Å². The van der Waals surface area contributed by atoms with E-state index in [-0.39, 0.29) is 61.0 Å². The van der Waals surface area contributed by atoms with E-state index in [2.05, 4.69) is 6.92 Å². The average Bonchev–Trinajstić information content (AvgIpc) is 3.36. The van der Waals surface area contributed by atoms with Crippen LogP contribution in [0, 0.1) is 35.0 Å². The lowest BCUT2D eigenvalue weighted by Gasteiger charge is -2.62. The maximum atomic E-state index is 12.4. The number of cyclic esters (lactones) is 1. The van der Waals surface area contributed by atoms with Gasteiger partial charge in [0.25, 0.3) is 0 Å². The molecule has 6 fully saturated rings. The highest BCUT2D eigenvalue weighted by Gasteiger charge is 2.70. The lowest BCUT2D eigenvalue weighted by atomic mass is 9.47. The van der Waals surface area contributed by atoms with Crippen molar-refractivity contribution in [2.75, 3.05) is 6.61 Å². The second-order valence-electron chi connectivity index (χ2n) is 13.3. The zero-order chi connectivity index (χ0) is 25.9. The number of aliphatic hydroxyl groups is 4. The molecule has 14 unspecified atom stereocenters. The van der Waals surface area contributed by atoms with E-state index in [4.69, 9.17) is 18.9 Å². The van der Waals surface area contributed by atoms with Crippen LogP contribution in [0.1, 0.15) is 65.2 Å². The Morgan fingerprint density at radius 3 is 2.51 bits per heavy atom. The molecular formula is C28H40O9. The zero-order valence-electron chi connectivity index (χ0n) is 21.6. The monoisotopic (exact) mass is 520 g/mol. The van der Waals surface area contributed by atoms with Crippen LogP contribution in [0.2, 0.25) is 0 Å². The topological polar surface area (TPSA) is 135 Å². The van der Waals surface area contributed by atoms with Gasteiger partial charge in [-0.05, 0) is 87.0 Å². The molecule has 7 rings (SSSR count). The number of aliphatic hydroxyl groups excluding tert-OH is 2. The molecule has 3 heterocycles. The number of hydrogen-bond donors (Lipinski definition) is 4. The first-order valence-electron chi connectivity index (χ1n) is 14.2. The molecule has 0 spiro atoms. The predicted octanol–water partition coefficient (Wildman–Crippen LogP) is 1.40. The van der Waals surface area contributed by atoms with Crippen LogP contribution < -0.4 is 0 Å². The average molecular weight is 521 g/mol. The Morgan fingerprint density at radius 1 is 0.946 bits per heavy atom. The van der Waals surface area contributed by atoms with Crippen LogP contribution >= 0.6 is 0 Å². The van der Waals surface area contributed by atoms with E-state index in [9.17, 15) is 25.2 Å². The minimum atomic E-state index is -1.87. The maximum Gasteiger partial charge on any atom is 0.331 e. The molecule has 3 aliphatic heterocycles. The van der Waals surface area contributed by atoms with Gasteiger partial charge in [-0.15, -0.1) is 0 Å². The molecule has 4 saturated carbocycles. The van der Waals surface area contributed by atoms with E-state index in [1.54, 1.807) is 6.08 Å². The van der Waals surface area contributed by atoms with Crippen LogP contribution in [-0.2, 0) is 23.7 Å². The van der Waals surface area contributed by atoms with E-state index in [1.165, 1.54) is 0 Å². The quantitative estimate of drug-likeness (QED) is 0.299. The summed E-state index contributed by atoms with van der Waals surface area (Å²) in [5.41, 5.74) is -0.857. The Balaban J connectivity index is 1.14. The highest BCUT2D eigenvalue weighted by atomic mass is 16.8. The summed E-state index contributed by atoms with van der Waals surface area (Å²) in [7, 11) is 0. The predicted molar refractivity (Wildman–Crippen MR) is 128 cm³/mol. The third-order valence-electron chi connectivity index (χ3n) is 11.7. The van der Waals surface area contributed by atoms with Gasteiger partial charge < -0.3 is 39.4 Å². The fourth-order valence-electron chi connectivity index (χ4n) is 9.88. The molecule has 4 aliphatic carbocycles. The molecular weight excluding hydrogens is 480 g/mol. The molecule has 37 heavy (non-hydrogen) atoms. The standard InChI is InChI=1S/C28H40O9/c1-13-7-23(30)28(33)25(35-13)36-20-8-14-3-4-18-16(17(14)10-21(20)37-28)5-6-26(2)19(11-22(29)27(18,26)32)15-9-24(31)34-12-15/h9,13-14,16-23,25,29-30,32-33H,3-8,10-12H2,1-2H3. The van der Waals surface area contributed by atoms with Gasteiger partial charge in [-0.1, -0.05) is 6.92 Å². The van der Waals surface area contributed by atoms with E-state index in [0.29, 0.717) is 18.8 Å². The van der Waals surface area contributed by atoms with E-state index < -0.39 is 35.3 Å². The number of carbonyl (C=O) groups is 1. The molecule has 4 N–H and O–H groups in total. The molecule has 0 amide bonds. The molecule has 0 bridgehead atoms. The Hall–Kier alpha value is -1.07. The van der Waals surface area contributed by atoms with E-state index in [0.717, 1.165) is 37.7 Å². The van der Waals surface area contributed by atoms with Crippen molar-refractivity contribution in [2.45, 2.75) is 113 Å². The highest BCUT2D eigenvalue weighted by molar-refractivity contribution is 5.85. The van der Waals surface area contributed by atoms with Gasteiger partial charge in [-0.2, -0.15) is 0 Å². The summed E-state index contributed by atoms with van der Waals surface area (Å²) in [6.07, 6.45) is 3.53. The second kappa shape index (κ2) is 8.22. The number of fused-ring (bicyclic) bond motifs is 7. The minimum absolute atomic E-state index is 0.0486. The third kappa shape index (κ3) is 3.31. The van der Waals surface area contributed by atoms with Crippen molar-refractivity contribution in [2.24, 2.45) is 35.0 Å². The maximum absolute atomic E-state index is 12.4. The van der Waals surface area contributed by atoms with Crippen LogP contribution in [0.15, 0.2) is 11.6 Å². The fourth-order valence-corrected chi connectivity index (χ4v) is 9.88. The molecule has 14 atom stereocenters. The SMILES string of the molecule is CC1CC(O)C2(O)OC3CC4C(CCC5C4CCC4(C)C(C6=CC(=O)OC6)CC(O)C54O)CC3OC2O1. The number of carbonyl (C=O) groups excluding carboxylic acids is 1. The normalized spacial score (nSPS) is 58.8. The Labute approximate surface area is 217 Å². The fraction of sp³-hybridized carbons (Fsp3) is 0.893. The Kier molecular flexibility index (Phi) is 5.54. The molecule has 0 aromatic rings. The van der Waals surface area contributed by atoms with Crippen molar-refractivity contribution >= 4 is 5.97 Å². The summed E-state index contributed by atoms with van der Waals surface area (Å²) in [6.45, 7) is 4.20.